The fraction of sp³-hybridized carbons (Fsp3) is 0.100. The van der Waals surface area contributed by atoms with Crippen LogP contribution >= 0.6 is 61.8 Å². The van der Waals surface area contributed by atoms with E-state index in [0.29, 0.717) is 5.33 Å². The predicted octanol–water partition coefficient (Wildman–Crippen LogP) is 5.38. The van der Waals surface area contributed by atoms with Gasteiger partial charge in [-0.2, -0.15) is 0 Å². The molecule has 2 heterocycles. The Morgan fingerprint density at radius 2 is 1.88 bits per heavy atom. The molecular formula is C10H7BrCl2OS2. The number of ketones is 1. The van der Waals surface area contributed by atoms with Crippen LogP contribution in [0.15, 0.2) is 29.6 Å². The van der Waals surface area contributed by atoms with Crippen molar-refractivity contribution >= 4 is 67.6 Å². The highest BCUT2D eigenvalue weighted by Gasteiger charge is 2.01. The predicted molar refractivity (Wildman–Crippen MR) is 76.8 cm³/mol. The third-order valence-electron chi connectivity index (χ3n) is 1.46. The highest BCUT2D eigenvalue weighted by atomic mass is 79.9. The van der Waals surface area contributed by atoms with Crippen molar-refractivity contribution in [2.75, 3.05) is 5.33 Å². The molecule has 1 nitrogen and oxygen atoms in total. The van der Waals surface area contributed by atoms with Gasteiger partial charge in [0.2, 0.25) is 0 Å². The van der Waals surface area contributed by atoms with Gasteiger partial charge < -0.3 is 0 Å². The van der Waals surface area contributed by atoms with E-state index in [0.717, 1.165) is 13.5 Å². The topological polar surface area (TPSA) is 17.1 Å². The summed E-state index contributed by atoms with van der Waals surface area (Å²) in [5, 5.41) is 2.32. The van der Waals surface area contributed by atoms with Crippen LogP contribution in [0.4, 0.5) is 0 Å². The molecule has 0 aliphatic heterocycles. The molecule has 2 aromatic rings. The van der Waals surface area contributed by atoms with Crippen molar-refractivity contribution in [1.29, 1.82) is 0 Å². The third-order valence-corrected chi connectivity index (χ3v) is 4.26. The monoisotopic (exact) mass is 356 g/mol. The third kappa shape index (κ3) is 4.97. The zero-order valence-corrected chi connectivity index (χ0v) is 12.7. The van der Waals surface area contributed by atoms with Gasteiger partial charge in [-0.1, -0.05) is 45.2 Å². The van der Waals surface area contributed by atoms with Crippen LogP contribution in [0.25, 0.3) is 0 Å². The molecule has 0 spiro atoms. The van der Waals surface area contributed by atoms with Crippen LogP contribution in [0.3, 0.4) is 0 Å². The zero-order valence-electron chi connectivity index (χ0n) is 7.95. The number of hydrogen-bond donors (Lipinski definition) is 0. The van der Waals surface area contributed by atoms with Gasteiger partial charge in [0, 0.05) is 0 Å². The van der Waals surface area contributed by atoms with Crippen molar-refractivity contribution in [2.24, 2.45) is 0 Å². The molecule has 0 bridgehead atoms. The summed E-state index contributed by atoms with van der Waals surface area (Å²) in [6.45, 7) is 0. The first-order valence-electron chi connectivity index (χ1n) is 4.17. The lowest BCUT2D eigenvalue weighted by atomic mass is 10.4. The van der Waals surface area contributed by atoms with Crippen molar-refractivity contribution < 1.29 is 4.79 Å². The molecular weight excluding hydrogens is 351 g/mol. The largest absolute Gasteiger partial charge is 0.292 e. The second-order valence-corrected chi connectivity index (χ2v) is 6.43. The Labute approximate surface area is 120 Å². The first-order chi connectivity index (χ1) is 7.63. The zero-order chi connectivity index (χ0) is 12.0. The molecule has 6 heteroatoms. The van der Waals surface area contributed by atoms with Crippen LogP contribution in [0.1, 0.15) is 9.67 Å². The van der Waals surface area contributed by atoms with Crippen LogP contribution in [0.5, 0.6) is 0 Å². The summed E-state index contributed by atoms with van der Waals surface area (Å²) in [7, 11) is 0. The van der Waals surface area contributed by atoms with Gasteiger partial charge in [-0.05, 0) is 23.6 Å². The first kappa shape index (κ1) is 14.2. The number of carbonyl (C=O) groups excluding carboxylic acids is 1. The van der Waals surface area contributed by atoms with Crippen molar-refractivity contribution in [1.82, 2.24) is 0 Å². The number of alkyl halides is 1. The lowest BCUT2D eigenvalue weighted by Gasteiger charge is -1.85. The highest BCUT2D eigenvalue weighted by molar-refractivity contribution is 9.09. The van der Waals surface area contributed by atoms with E-state index in [2.05, 4.69) is 15.9 Å². The van der Waals surface area contributed by atoms with Crippen molar-refractivity contribution in [3.63, 3.8) is 0 Å². The maximum atomic E-state index is 10.8. The van der Waals surface area contributed by atoms with Gasteiger partial charge in [-0.25, -0.2) is 0 Å². The average Bonchev–Trinajstić information content (AvgIpc) is 2.89. The molecule has 0 saturated carbocycles. The smallest absolute Gasteiger partial charge is 0.183 e. The van der Waals surface area contributed by atoms with Crippen molar-refractivity contribution in [3.05, 3.63) is 43.2 Å². The van der Waals surface area contributed by atoms with E-state index in [4.69, 9.17) is 23.2 Å². The van der Waals surface area contributed by atoms with Crippen LogP contribution in [0, 0.1) is 0 Å². The maximum absolute atomic E-state index is 10.8. The van der Waals surface area contributed by atoms with Gasteiger partial charge in [0.05, 0.1) is 18.9 Å². The van der Waals surface area contributed by atoms with Crippen LogP contribution in [0.2, 0.25) is 8.67 Å². The normalized spacial score (nSPS) is 9.44. The van der Waals surface area contributed by atoms with E-state index in [9.17, 15) is 4.79 Å². The number of carbonyl (C=O) groups is 1. The molecule has 0 unspecified atom stereocenters. The van der Waals surface area contributed by atoms with Gasteiger partial charge in [0.15, 0.2) is 5.78 Å². The Morgan fingerprint density at radius 1 is 1.25 bits per heavy atom. The van der Waals surface area contributed by atoms with E-state index in [1.807, 2.05) is 17.5 Å². The lowest BCUT2D eigenvalue weighted by molar-refractivity contribution is 0.102. The molecule has 0 atom stereocenters. The molecule has 0 N–H and O–H groups in total. The molecule has 16 heavy (non-hydrogen) atoms. The average molecular weight is 358 g/mol. The highest BCUT2D eigenvalue weighted by Crippen LogP contribution is 2.24. The van der Waals surface area contributed by atoms with Crippen molar-refractivity contribution in [2.45, 2.75) is 0 Å². The standard InChI is InChI=1S/C6H5BrOS.C4H2Cl2S/c7-4-5(8)6-2-1-3-9-6;5-3-1-2-4(6)7-3/h1-3H,4H2;1-2H. The molecule has 0 fully saturated rings. The molecule has 0 amide bonds. The van der Waals surface area contributed by atoms with Gasteiger partial charge in [-0.3, -0.25) is 4.79 Å². The quantitative estimate of drug-likeness (QED) is 0.520. The van der Waals surface area contributed by atoms with Gasteiger partial charge in [0.25, 0.3) is 0 Å². The van der Waals surface area contributed by atoms with E-state index >= 15 is 0 Å². The second-order valence-electron chi connectivity index (χ2n) is 2.58. The minimum absolute atomic E-state index is 0.157. The summed E-state index contributed by atoms with van der Waals surface area (Å²) in [6, 6.07) is 7.25. The molecule has 0 aliphatic rings. The summed E-state index contributed by atoms with van der Waals surface area (Å²) in [5.41, 5.74) is 0. The molecule has 0 aliphatic carbocycles. The fourth-order valence-corrected chi connectivity index (χ4v) is 3.15. The second kappa shape index (κ2) is 7.45. The first-order valence-corrected chi connectivity index (χ1v) is 7.74. The minimum atomic E-state index is 0.157. The summed E-state index contributed by atoms with van der Waals surface area (Å²) < 4.78 is 1.48. The Balaban J connectivity index is 0.000000165. The van der Waals surface area contributed by atoms with Crippen LogP contribution in [-0.4, -0.2) is 11.1 Å². The summed E-state index contributed by atoms with van der Waals surface area (Å²) in [6.07, 6.45) is 0. The van der Waals surface area contributed by atoms with E-state index in [1.165, 1.54) is 22.7 Å². The van der Waals surface area contributed by atoms with E-state index in [1.54, 1.807) is 12.1 Å². The van der Waals surface area contributed by atoms with E-state index < -0.39 is 0 Å². The molecule has 0 aromatic carbocycles. The SMILES string of the molecule is Clc1ccc(Cl)s1.O=C(CBr)c1cccs1. The summed E-state index contributed by atoms with van der Waals surface area (Å²) in [4.78, 5) is 11.7. The van der Waals surface area contributed by atoms with Crippen LogP contribution < -0.4 is 0 Å². The number of hydrogen-bond acceptors (Lipinski definition) is 3. The fourth-order valence-electron chi connectivity index (χ4n) is 0.795. The number of halogens is 3. The Hall–Kier alpha value is 0.130. The molecule has 2 rings (SSSR count). The molecule has 2 aromatic heterocycles. The molecule has 0 radical (unpaired) electrons. The molecule has 0 saturated heterocycles. The number of thiophene rings is 2. The molecule has 86 valence electrons. The number of rotatable bonds is 2. The summed E-state index contributed by atoms with van der Waals surface area (Å²) in [5.74, 6) is 0.157. The minimum Gasteiger partial charge on any atom is -0.292 e. The Kier molecular flexibility index (Phi) is 6.61. The van der Waals surface area contributed by atoms with Crippen LogP contribution in [-0.2, 0) is 0 Å². The van der Waals surface area contributed by atoms with Gasteiger partial charge in [-0.15, -0.1) is 22.7 Å². The maximum Gasteiger partial charge on any atom is 0.183 e. The van der Waals surface area contributed by atoms with E-state index in [-0.39, 0.29) is 5.78 Å². The lowest BCUT2D eigenvalue weighted by Crippen LogP contribution is -1.94. The summed E-state index contributed by atoms with van der Waals surface area (Å²) >= 11 is 16.9. The Bertz CT molecular complexity index is 423. The van der Waals surface area contributed by atoms with Gasteiger partial charge >= 0.3 is 0 Å². The van der Waals surface area contributed by atoms with Crippen molar-refractivity contribution in [3.8, 4) is 0 Å². The van der Waals surface area contributed by atoms with Gasteiger partial charge in [0.1, 0.15) is 0 Å². The Morgan fingerprint density at radius 3 is 2.19 bits per heavy atom. The number of Topliss-reactive ketones (excluding diaryl/α,β-unsaturated/α-hetero) is 1.